The second-order valence-corrected chi connectivity index (χ2v) is 9.47. The van der Waals surface area contributed by atoms with Gasteiger partial charge in [0.25, 0.3) is 0 Å². The zero-order valence-corrected chi connectivity index (χ0v) is 19.7. The molecule has 1 aliphatic heterocycles. The quantitative estimate of drug-likeness (QED) is 0.501. The number of fused-ring (bicyclic) bond motifs is 3. The zero-order valence-electron chi connectivity index (χ0n) is 18.9. The molecule has 0 bridgehead atoms. The largest absolute Gasteiger partial charge is 0.480 e. The number of carboxylic acid groups (broad SMARTS) is 1. The molecule has 34 heavy (non-hydrogen) atoms. The van der Waals surface area contributed by atoms with Crippen LogP contribution >= 0.6 is 11.8 Å². The summed E-state index contributed by atoms with van der Waals surface area (Å²) in [6.07, 6.45) is 1.65. The highest BCUT2D eigenvalue weighted by molar-refractivity contribution is 7.98. The average Bonchev–Trinajstić information content (AvgIpc) is 3.43. The standard InChI is InChI=1S/C25H28N2O6S/c1-34-13-10-21(22(28)29)26-23(30)25(11-12-32-15-25)27-24(31)33-14-20-18-8-4-2-6-16(18)17-7-3-5-9-19(17)20/h2-9,20-21H,10-15H2,1H3,(H,26,30)(H,27,31)(H,28,29)/t21-,25?/m1/s1. The maximum absolute atomic E-state index is 13.0. The van der Waals surface area contributed by atoms with E-state index in [1.807, 2.05) is 42.7 Å². The van der Waals surface area contributed by atoms with E-state index >= 15 is 0 Å². The molecule has 9 heteroatoms. The first kappa shape index (κ1) is 24.1. The molecule has 0 radical (unpaired) electrons. The second-order valence-electron chi connectivity index (χ2n) is 8.48. The highest BCUT2D eigenvalue weighted by atomic mass is 32.2. The summed E-state index contributed by atoms with van der Waals surface area (Å²) in [5, 5.41) is 14.7. The Hall–Kier alpha value is -3.04. The van der Waals surface area contributed by atoms with Gasteiger partial charge in [-0.2, -0.15) is 11.8 Å². The van der Waals surface area contributed by atoms with Gasteiger partial charge < -0.3 is 25.2 Å². The average molecular weight is 485 g/mol. The SMILES string of the molecule is CSCC[C@@H](NC(=O)C1(NC(=O)OCC2c3ccccc3-c3ccccc32)CCOC1)C(=O)O. The Labute approximate surface area is 202 Å². The molecule has 1 aliphatic carbocycles. The molecule has 2 aromatic rings. The number of rotatable bonds is 9. The number of alkyl carbamates (subject to hydrolysis) is 1. The lowest BCUT2D eigenvalue weighted by Gasteiger charge is -2.29. The van der Waals surface area contributed by atoms with Gasteiger partial charge in [-0.1, -0.05) is 48.5 Å². The number of hydrogen-bond donors (Lipinski definition) is 3. The molecule has 8 nitrogen and oxygen atoms in total. The molecule has 2 aliphatic rings. The van der Waals surface area contributed by atoms with E-state index in [2.05, 4.69) is 22.8 Å². The van der Waals surface area contributed by atoms with Gasteiger partial charge in [-0.05, 0) is 40.7 Å². The molecule has 2 aromatic carbocycles. The van der Waals surface area contributed by atoms with Crippen LogP contribution in [0, 0.1) is 0 Å². The van der Waals surface area contributed by atoms with E-state index in [0.29, 0.717) is 5.75 Å². The fraction of sp³-hybridized carbons (Fsp3) is 0.400. The van der Waals surface area contributed by atoms with Crippen LogP contribution in [0.15, 0.2) is 48.5 Å². The molecular formula is C25H28N2O6S. The predicted octanol–water partition coefficient (Wildman–Crippen LogP) is 3.01. The summed E-state index contributed by atoms with van der Waals surface area (Å²) < 4.78 is 11.0. The van der Waals surface area contributed by atoms with Crippen molar-refractivity contribution in [1.29, 1.82) is 0 Å². The van der Waals surface area contributed by atoms with Crippen molar-refractivity contribution in [3.63, 3.8) is 0 Å². The number of carbonyl (C=O) groups is 3. The van der Waals surface area contributed by atoms with Gasteiger partial charge in [-0.15, -0.1) is 0 Å². The van der Waals surface area contributed by atoms with Gasteiger partial charge in [-0.25, -0.2) is 9.59 Å². The third-order valence-electron chi connectivity index (χ3n) is 6.36. The molecule has 3 N–H and O–H groups in total. The second kappa shape index (κ2) is 10.5. The van der Waals surface area contributed by atoms with Gasteiger partial charge in [0.15, 0.2) is 0 Å². The van der Waals surface area contributed by atoms with Crippen molar-refractivity contribution in [3.05, 3.63) is 59.7 Å². The summed E-state index contributed by atoms with van der Waals surface area (Å²) in [4.78, 5) is 37.4. The Morgan fingerprint density at radius 3 is 2.35 bits per heavy atom. The van der Waals surface area contributed by atoms with Gasteiger partial charge in [0, 0.05) is 18.9 Å². The number of carbonyl (C=O) groups excluding carboxylic acids is 2. The van der Waals surface area contributed by atoms with Gasteiger partial charge >= 0.3 is 12.1 Å². The Morgan fingerprint density at radius 1 is 1.15 bits per heavy atom. The molecule has 1 fully saturated rings. The van der Waals surface area contributed by atoms with Gasteiger partial charge in [0.1, 0.15) is 18.2 Å². The van der Waals surface area contributed by atoms with Crippen LogP contribution in [0.2, 0.25) is 0 Å². The number of ether oxygens (including phenoxy) is 2. The first-order valence-corrected chi connectivity index (χ1v) is 12.6. The number of hydrogen-bond acceptors (Lipinski definition) is 6. The number of amides is 2. The summed E-state index contributed by atoms with van der Waals surface area (Å²) in [6.45, 7) is 0.349. The molecule has 1 heterocycles. The summed E-state index contributed by atoms with van der Waals surface area (Å²) in [6, 6.07) is 15.0. The highest BCUT2D eigenvalue weighted by Crippen LogP contribution is 2.44. The molecular weight excluding hydrogens is 456 g/mol. The molecule has 1 saturated heterocycles. The van der Waals surface area contributed by atoms with E-state index in [1.165, 1.54) is 11.8 Å². The minimum atomic E-state index is -1.37. The van der Waals surface area contributed by atoms with Crippen LogP contribution in [0.1, 0.15) is 29.9 Å². The minimum absolute atomic E-state index is 0.0438. The maximum Gasteiger partial charge on any atom is 0.408 e. The lowest BCUT2D eigenvalue weighted by molar-refractivity contribution is -0.143. The van der Waals surface area contributed by atoms with Crippen LogP contribution in [-0.2, 0) is 19.1 Å². The van der Waals surface area contributed by atoms with Crippen molar-refractivity contribution in [1.82, 2.24) is 10.6 Å². The third kappa shape index (κ3) is 4.90. The maximum atomic E-state index is 13.0. The van der Waals surface area contributed by atoms with E-state index in [9.17, 15) is 19.5 Å². The van der Waals surface area contributed by atoms with Crippen LogP contribution < -0.4 is 10.6 Å². The number of benzene rings is 2. The fourth-order valence-electron chi connectivity index (χ4n) is 4.52. The van der Waals surface area contributed by atoms with Gasteiger partial charge in [0.05, 0.1) is 6.61 Å². The Kier molecular flexibility index (Phi) is 7.43. The molecule has 2 atom stereocenters. The Morgan fingerprint density at radius 2 is 1.79 bits per heavy atom. The van der Waals surface area contributed by atoms with Gasteiger partial charge in [-0.3, -0.25) is 4.79 Å². The van der Waals surface area contributed by atoms with Crippen molar-refractivity contribution in [2.75, 3.05) is 31.8 Å². The van der Waals surface area contributed by atoms with E-state index in [-0.39, 0.29) is 38.6 Å². The molecule has 0 aromatic heterocycles. The molecule has 0 saturated carbocycles. The van der Waals surface area contributed by atoms with Crippen LogP contribution in [0.3, 0.4) is 0 Å². The molecule has 2 amide bonds. The lowest BCUT2D eigenvalue weighted by Crippen LogP contribution is -2.62. The first-order chi connectivity index (χ1) is 16.4. The van der Waals surface area contributed by atoms with Crippen LogP contribution in [0.5, 0.6) is 0 Å². The van der Waals surface area contributed by atoms with E-state index in [4.69, 9.17) is 9.47 Å². The monoisotopic (exact) mass is 484 g/mol. The summed E-state index contributed by atoms with van der Waals surface area (Å²) in [7, 11) is 0. The van der Waals surface area contributed by atoms with Crippen molar-refractivity contribution in [3.8, 4) is 11.1 Å². The highest BCUT2D eigenvalue weighted by Gasteiger charge is 2.45. The van der Waals surface area contributed by atoms with Crippen molar-refractivity contribution in [2.45, 2.75) is 30.3 Å². The Balaban J connectivity index is 1.43. The summed E-state index contributed by atoms with van der Waals surface area (Å²) >= 11 is 1.50. The van der Waals surface area contributed by atoms with Crippen LogP contribution in [0.4, 0.5) is 4.79 Å². The molecule has 0 spiro atoms. The predicted molar refractivity (Wildman–Crippen MR) is 129 cm³/mol. The topological polar surface area (TPSA) is 114 Å². The van der Waals surface area contributed by atoms with E-state index < -0.39 is 29.6 Å². The molecule has 4 rings (SSSR count). The summed E-state index contributed by atoms with van der Waals surface area (Å²) in [5.41, 5.74) is 3.06. The first-order valence-electron chi connectivity index (χ1n) is 11.2. The Bertz CT molecular complexity index is 1020. The third-order valence-corrected chi connectivity index (χ3v) is 7.00. The smallest absolute Gasteiger partial charge is 0.408 e. The normalized spacial score (nSPS) is 19.7. The van der Waals surface area contributed by atoms with Crippen LogP contribution in [0.25, 0.3) is 11.1 Å². The lowest BCUT2D eigenvalue weighted by atomic mass is 9.97. The van der Waals surface area contributed by atoms with E-state index in [0.717, 1.165) is 22.3 Å². The van der Waals surface area contributed by atoms with E-state index in [1.54, 1.807) is 0 Å². The van der Waals surface area contributed by atoms with Gasteiger partial charge in [0.2, 0.25) is 5.91 Å². The molecule has 180 valence electrons. The summed E-state index contributed by atoms with van der Waals surface area (Å²) in [5.74, 6) is -1.21. The fourth-order valence-corrected chi connectivity index (χ4v) is 4.99. The van der Waals surface area contributed by atoms with Crippen molar-refractivity contribution in [2.24, 2.45) is 0 Å². The number of thioether (sulfide) groups is 1. The number of nitrogens with one attached hydrogen (secondary N) is 2. The van der Waals surface area contributed by atoms with Crippen molar-refractivity contribution < 1.29 is 29.0 Å². The van der Waals surface area contributed by atoms with Crippen molar-refractivity contribution >= 4 is 29.7 Å². The number of aliphatic carboxylic acids is 1. The zero-order chi connectivity index (χ0) is 24.1. The minimum Gasteiger partial charge on any atom is -0.480 e. The molecule has 1 unspecified atom stereocenters. The number of carboxylic acids is 1. The van der Waals surface area contributed by atoms with Crippen LogP contribution in [-0.4, -0.2) is 66.5 Å².